The van der Waals surface area contributed by atoms with E-state index in [-0.39, 0.29) is 0 Å². The van der Waals surface area contributed by atoms with E-state index in [0.717, 1.165) is 29.7 Å². The third kappa shape index (κ3) is 3.16. The molecule has 1 aromatic rings. The Bertz CT molecular complexity index is 511. The zero-order valence-electron chi connectivity index (χ0n) is 11.6. The minimum absolute atomic E-state index is 0.370. The average Bonchev–Trinajstić information content (AvgIpc) is 3.19. The van der Waals surface area contributed by atoms with Crippen LogP contribution in [0.4, 0.5) is 0 Å². The summed E-state index contributed by atoms with van der Waals surface area (Å²) in [6.07, 6.45) is 3.45. The molecule has 1 saturated carbocycles. The molecule has 1 fully saturated rings. The molecule has 0 saturated heterocycles. The van der Waals surface area contributed by atoms with E-state index in [1.54, 1.807) is 7.11 Å². The lowest BCUT2D eigenvalue weighted by Crippen LogP contribution is -1.99. The second-order valence-corrected chi connectivity index (χ2v) is 5.33. The molecule has 0 aromatic heterocycles. The molecule has 1 aliphatic rings. The molecule has 0 radical (unpaired) electrons. The van der Waals surface area contributed by atoms with Gasteiger partial charge in [0.1, 0.15) is 5.75 Å². The summed E-state index contributed by atoms with van der Waals surface area (Å²) in [5.41, 5.74) is 3.00. The highest BCUT2D eigenvalue weighted by molar-refractivity contribution is 5.92. The molecular weight excluding hydrogens is 240 g/mol. The van der Waals surface area contributed by atoms with Gasteiger partial charge >= 0.3 is 5.97 Å². The number of aliphatic carboxylic acids is 1. The monoisotopic (exact) mass is 260 g/mol. The van der Waals surface area contributed by atoms with Gasteiger partial charge in [0.25, 0.3) is 0 Å². The Morgan fingerprint density at radius 1 is 1.42 bits per heavy atom. The van der Waals surface area contributed by atoms with E-state index < -0.39 is 5.97 Å². The van der Waals surface area contributed by atoms with E-state index in [0.29, 0.717) is 11.8 Å². The number of rotatable bonds is 5. The van der Waals surface area contributed by atoms with Gasteiger partial charge in [-0.05, 0) is 41.9 Å². The number of hydrogen-bond acceptors (Lipinski definition) is 2. The number of hydrogen-bond donors (Lipinski definition) is 1. The fourth-order valence-electron chi connectivity index (χ4n) is 2.25. The van der Waals surface area contributed by atoms with Crippen LogP contribution in [-0.2, 0) is 4.79 Å². The number of ether oxygens (including phenoxy) is 1. The van der Waals surface area contributed by atoms with Gasteiger partial charge in [-0.1, -0.05) is 26.0 Å². The zero-order valence-corrected chi connectivity index (χ0v) is 11.6. The molecule has 1 N–H and O–H groups in total. The van der Waals surface area contributed by atoms with E-state index in [4.69, 9.17) is 9.84 Å². The summed E-state index contributed by atoms with van der Waals surface area (Å²) in [5, 5.41) is 9.01. The largest absolute Gasteiger partial charge is 0.496 e. The van der Waals surface area contributed by atoms with Crippen molar-refractivity contribution in [2.75, 3.05) is 7.11 Å². The quantitative estimate of drug-likeness (QED) is 0.821. The Balaban J connectivity index is 2.45. The van der Waals surface area contributed by atoms with Gasteiger partial charge in [-0.25, -0.2) is 4.79 Å². The number of carboxylic acids is 1. The molecular formula is C16H20O3. The molecule has 1 aromatic carbocycles. The number of methoxy groups -OCH3 is 1. The maximum absolute atomic E-state index is 11.0. The van der Waals surface area contributed by atoms with Crippen molar-refractivity contribution in [2.24, 2.45) is 5.92 Å². The maximum Gasteiger partial charge on any atom is 0.328 e. The lowest BCUT2D eigenvalue weighted by Gasteiger charge is -2.14. The SMILES string of the molecule is COc1cc(C(C)C)ccc1/C(=C/C(=O)O)C1CC1. The lowest BCUT2D eigenvalue weighted by molar-refractivity contribution is -0.131. The summed E-state index contributed by atoms with van der Waals surface area (Å²) >= 11 is 0. The Hall–Kier alpha value is -1.77. The molecule has 0 atom stereocenters. The molecule has 0 spiro atoms. The highest BCUT2D eigenvalue weighted by Gasteiger charge is 2.29. The first-order valence-corrected chi connectivity index (χ1v) is 6.65. The highest BCUT2D eigenvalue weighted by atomic mass is 16.5. The van der Waals surface area contributed by atoms with Crippen LogP contribution in [0.2, 0.25) is 0 Å². The Morgan fingerprint density at radius 2 is 2.11 bits per heavy atom. The van der Waals surface area contributed by atoms with E-state index in [9.17, 15) is 4.79 Å². The molecule has 0 bridgehead atoms. The van der Waals surface area contributed by atoms with Crippen LogP contribution in [0.1, 0.15) is 43.7 Å². The van der Waals surface area contributed by atoms with Crippen LogP contribution in [0.15, 0.2) is 24.3 Å². The van der Waals surface area contributed by atoms with E-state index >= 15 is 0 Å². The number of allylic oxidation sites excluding steroid dienone is 1. The van der Waals surface area contributed by atoms with Crippen molar-refractivity contribution in [1.29, 1.82) is 0 Å². The van der Waals surface area contributed by atoms with Gasteiger partial charge in [-0.15, -0.1) is 0 Å². The molecule has 0 unspecified atom stereocenters. The van der Waals surface area contributed by atoms with Crippen LogP contribution in [0, 0.1) is 5.92 Å². The highest BCUT2D eigenvalue weighted by Crippen LogP contribution is 2.44. The number of carboxylic acid groups (broad SMARTS) is 1. The standard InChI is InChI=1S/C16H20O3/c1-10(2)12-6-7-13(15(8-12)19-3)14(9-16(17)18)11-4-5-11/h6-11H,4-5H2,1-3H3,(H,17,18)/b14-9+. The zero-order chi connectivity index (χ0) is 14.0. The van der Waals surface area contributed by atoms with E-state index in [1.165, 1.54) is 11.6 Å². The van der Waals surface area contributed by atoms with Crippen molar-refractivity contribution >= 4 is 11.5 Å². The smallest absolute Gasteiger partial charge is 0.328 e. The van der Waals surface area contributed by atoms with Gasteiger partial charge in [0.15, 0.2) is 0 Å². The van der Waals surface area contributed by atoms with Crippen molar-refractivity contribution in [2.45, 2.75) is 32.6 Å². The van der Waals surface area contributed by atoms with Crippen LogP contribution < -0.4 is 4.74 Å². The van der Waals surface area contributed by atoms with Crippen LogP contribution in [0.3, 0.4) is 0 Å². The molecule has 2 rings (SSSR count). The van der Waals surface area contributed by atoms with Gasteiger partial charge in [0, 0.05) is 11.6 Å². The average molecular weight is 260 g/mol. The minimum atomic E-state index is -0.892. The molecule has 3 heteroatoms. The van der Waals surface area contributed by atoms with Gasteiger partial charge in [-0.2, -0.15) is 0 Å². The summed E-state index contributed by atoms with van der Waals surface area (Å²) in [7, 11) is 1.63. The third-order valence-corrected chi connectivity index (χ3v) is 3.50. The summed E-state index contributed by atoms with van der Waals surface area (Å²) in [6, 6.07) is 6.06. The van der Waals surface area contributed by atoms with Crippen LogP contribution in [0.25, 0.3) is 5.57 Å². The Labute approximate surface area is 113 Å². The first-order chi connectivity index (χ1) is 9.02. The van der Waals surface area contributed by atoms with Gasteiger partial charge in [0.05, 0.1) is 7.11 Å². The first-order valence-electron chi connectivity index (χ1n) is 6.65. The summed E-state index contributed by atoms with van der Waals surface area (Å²) in [4.78, 5) is 11.0. The maximum atomic E-state index is 11.0. The van der Waals surface area contributed by atoms with Gasteiger partial charge in [-0.3, -0.25) is 0 Å². The fraction of sp³-hybridized carbons (Fsp3) is 0.438. The second-order valence-electron chi connectivity index (χ2n) is 5.33. The molecule has 102 valence electrons. The predicted octanol–water partition coefficient (Wildman–Crippen LogP) is 3.70. The van der Waals surface area contributed by atoms with Gasteiger partial charge in [0.2, 0.25) is 0 Å². The lowest BCUT2D eigenvalue weighted by atomic mass is 9.95. The molecule has 1 aliphatic carbocycles. The van der Waals surface area contributed by atoms with Crippen molar-refractivity contribution in [3.05, 3.63) is 35.4 Å². The second kappa shape index (κ2) is 5.47. The molecule has 0 heterocycles. The number of benzene rings is 1. The van der Waals surface area contributed by atoms with Gasteiger partial charge < -0.3 is 9.84 Å². The first kappa shape index (κ1) is 13.7. The predicted molar refractivity (Wildman–Crippen MR) is 75.4 cm³/mol. The molecule has 3 nitrogen and oxygen atoms in total. The van der Waals surface area contributed by atoms with Crippen molar-refractivity contribution in [3.63, 3.8) is 0 Å². The van der Waals surface area contributed by atoms with Crippen molar-refractivity contribution in [1.82, 2.24) is 0 Å². The van der Waals surface area contributed by atoms with Crippen LogP contribution in [-0.4, -0.2) is 18.2 Å². The third-order valence-electron chi connectivity index (χ3n) is 3.50. The Kier molecular flexibility index (Phi) is 3.93. The van der Waals surface area contributed by atoms with Crippen LogP contribution in [0.5, 0.6) is 5.75 Å². The van der Waals surface area contributed by atoms with Crippen molar-refractivity contribution < 1.29 is 14.6 Å². The number of carbonyl (C=O) groups is 1. The van der Waals surface area contributed by atoms with E-state index in [1.807, 2.05) is 12.1 Å². The van der Waals surface area contributed by atoms with Crippen molar-refractivity contribution in [3.8, 4) is 5.75 Å². The topological polar surface area (TPSA) is 46.5 Å². The van der Waals surface area contributed by atoms with Crippen LogP contribution >= 0.6 is 0 Å². The summed E-state index contributed by atoms with van der Waals surface area (Å²) in [6.45, 7) is 4.26. The normalized spacial score (nSPS) is 15.7. The summed E-state index contributed by atoms with van der Waals surface area (Å²) in [5.74, 6) is 0.674. The minimum Gasteiger partial charge on any atom is -0.496 e. The molecule has 19 heavy (non-hydrogen) atoms. The Morgan fingerprint density at radius 3 is 2.58 bits per heavy atom. The fourth-order valence-corrected chi connectivity index (χ4v) is 2.25. The summed E-state index contributed by atoms with van der Waals surface area (Å²) < 4.78 is 5.44. The molecule has 0 amide bonds. The molecule has 0 aliphatic heterocycles. The van der Waals surface area contributed by atoms with E-state index in [2.05, 4.69) is 19.9 Å².